The number of benzene rings is 3. The molecule has 4 aromatic rings. The van der Waals surface area contributed by atoms with E-state index in [0.29, 0.717) is 17.3 Å². The van der Waals surface area contributed by atoms with Crippen molar-refractivity contribution in [2.24, 2.45) is 0 Å². The largest absolute Gasteiger partial charge is 0.302 e. The minimum Gasteiger partial charge on any atom is -0.302 e. The molecule has 172 valence electrons. The van der Waals surface area contributed by atoms with Crippen molar-refractivity contribution in [2.75, 3.05) is 18.5 Å². The van der Waals surface area contributed by atoms with E-state index >= 15 is 0 Å². The van der Waals surface area contributed by atoms with E-state index in [1.54, 1.807) is 4.90 Å². The van der Waals surface area contributed by atoms with Gasteiger partial charge in [-0.1, -0.05) is 60.1 Å². The number of carbonyl (C=O) groups is 1. The van der Waals surface area contributed by atoms with Gasteiger partial charge in [0.1, 0.15) is 17.6 Å². The third-order valence-electron chi connectivity index (χ3n) is 6.21. The molecule has 0 spiro atoms. The number of amides is 1. The lowest BCUT2D eigenvalue weighted by molar-refractivity contribution is -0.119. The number of hydrogen-bond donors (Lipinski definition) is 0. The molecule has 0 N–H and O–H groups in total. The van der Waals surface area contributed by atoms with Gasteiger partial charge in [-0.3, -0.25) is 14.3 Å². The van der Waals surface area contributed by atoms with Crippen molar-refractivity contribution in [1.82, 2.24) is 19.7 Å². The third-order valence-corrected chi connectivity index (χ3v) is 6.44. The van der Waals surface area contributed by atoms with Gasteiger partial charge in [0.05, 0.1) is 11.4 Å². The fourth-order valence-electron chi connectivity index (χ4n) is 4.57. The summed E-state index contributed by atoms with van der Waals surface area (Å²) in [6.45, 7) is 3.46. The summed E-state index contributed by atoms with van der Waals surface area (Å²) < 4.78 is 1.99. The Hall–Kier alpha value is -3.48. The SMILES string of the molecule is Cc1nnc2n1-c1ccc(Cl)cc1N(c1ccccc1)C(=O)C2CCN(C)Cc1ccccc1. The van der Waals surface area contributed by atoms with Crippen LogP contribution in [0.5, 0.6) is 0 Å². The molecule has 2 heterocycles. The van der Waals surface area contributed by atoms with Crippen molar-refractivity contribution >= 4 is 28.9 Å². The lowest BCUT2D eigenvalue weighted by Gasteiger charge is -2.26. The minimum atomic E-state index is -0.453. The number of halogens is 1. The van der Waals surface area contributed by atoms with Crippen LogP contribution in [-0.4, -0.2) is 39.2 Å². The van der Waals surface area contributed by atoms with Crippen LogP contribution in [0.15, 0.2) is 78.9 Å². The first-order valence-corrected chi connectivity index (χ1v) is 11.7. The predicted octanol–water partition coefficient (Wildman–Crippen LogP) is 5.51. The molecule has 0 fully saturated rings. The molecule has 3 aromatic carbocycles. The Labute approximate surface area is 204 Å². The summed E-state index contributed by atoms with van der Waals surface area (Å²) in [5.41, 5.74) is 3.62. The molecular formula is C27H26ClN5O. The normalized spacial score (nSPS) is 15.2. The van der Waals surface area contributed by atoms with Gasteiger partial charge in [0, 0.05) is 17.3 Å². The van der Waals surface area contributed by atoms with E-state index in [2.05, 4.69) is 34.3 Å². The molecule has 5 rings (SSSR count). The van der Waals surface area contributed by atoms with Crippen molar-refractivity contribution in [3.8, 4) is 5.69 Å². The number of rotatable bonds is 6. The number of para-hydroxylation sites is 1. The fraction of sp³-hybridized carbons (Fsp3) is 0.222. The molecule has 1 aromatic heterocycles. The Morgan fingerprint density at radius 2 is 1.65 bits per heavy atom. The van der Waals surface area contributed by atoms with Gasteiger partial charge in [-0.05, 0) is 62.8 Å². The molecule has 0 bridgehead atoms. The van der Waals surface area contributed by atoms with Gasteiger partial charge >= 0.3 is 0 Å². The van der Waals surface area contributed by atoms with Gasteiger partial charge in [-0.25, -0.2) is 0 Å². The number of hydrogen-bond acceptors (Lipinski definition) is 4. The van der Waals surface area contributed by atoms with E-state index in [-0.39, 0.29) is 5.91 Å². The average Bonchev–Trinajstić information content (AvgIpc) is 3.17. The number of aromatic nitrogens is 3. The lowest BCUT2D eigenvalue weighted by atomic mass is 10.0. The number of aryl methyl sites for hydroxylation is 1. The zero-order chi connectivity index (χ0) is 23.7. The Balaban J connectivity index is 1.54. The quantitative estimate of drug-likeness (QED) is 0.372. The molecule has 1 aliphatic rings. The lowest BCUT2D eigenvalue weighted by Crippen LogP contribution is -2.33. The Morgan fingerprint density at radius 3 is 2.38 bits per heavy atom. The monoisotopic (exact) mass is 471 g/mol. The second-order valence-electron chi connectivity index (χ2n) is 8.65. The molecule has 34 heavy (non-hydrogen) atoms. The van der Waals surface area contributed by atoms with E-state index in [1.165, 1.54) is 5.56 Å². The third kappa shape index (κ3) is 4.22. The van der Waals surface area contributed by atoms with Gasteiger partial charge in [-0.15, -0.1) is 10.2 Å². The topological polar surface area (TPSA) is 54.3 Å². The van der Waals surface area contributed by atoms with E-state index in [1.807, 2.05) is 78.2 Å². The van der Waals surface area contributed by atoms with Gasteiger partial charge in [0.15, 0.2) is 0 Å². The summed E-state index contributed by atoms with van der Waals surface area (Å²) in [4.78, 5) is 18.2. The second-order valence-corrected chi connectivity index (χ2v) is 9.08. The summed E-state index contributed by atoms with van der Waals surface area (Å²) in [5, 5.41) is 9.38. The van der Waals surface area contributed by atoms with Crippen LogP contribution >= 0.6 is 11.6 Å². The number of nitrogens with zero attached hydrogens (tertiary/aromatic N) is 5. The molecule has 6 nitrogen and oxygen atoms in total. The smallest absolute Gasteiger partial charge is 0.242 e. The van der Waals surface area contributed by atoms with Crippen molar-refractivity contribution < 1.29 is 4.79 Å². The Morgan fingerprint density at radius 1 is 0.941 bits per heavy atom. The molecule has 0 saturated carbocycles. The van der Waals surface area contributed by atoms with E-state index in [0.717, 1.165) is 36.0 Å². The summed E-state index contributed by atoms with van der Waals surface area (Å²) >= 11 is 6.40. The molecule has 1 aliphatic heterocycles. The van der Waals surface area contributed by atoms with Crippen LogP contribution in [0.1, 0.15) is 29.6 Å². The van der Waals surface area contributed by atoms with E-state index in [9.17, 15) is 4.79 Å². The van der Waals surface area contributed by atoms with Gasteiger partial charge in [0.2, 0.25) is 5.91 Å². The van der Waals surface area contributed by atoms with E-state index < -0.39 is 5.92 Å². The number of carbonyl (C=O) groups excluding carboxylic acids is 1. The summed E-state index contributed by atoms with van der Waals surface area (Å²) in [6, 6.07) is 25.7. The van der Waals surface area contributed by atoms with Crippen LogP contribution in [0.3, 0.4) is 0 Å². The van der Waals surface area contributed by atoms with Crippen molar-refractivity contribution in [3.05, 3.63) is 101 Å². The molecule has 1 amide bonds. The van der Waals surface area contributed by atoms with Crippen LogP contribution in [-0.2, 0) is 11.3 Å². The predicted molar refractivity (Wildman–Crippen MR) is 135 cm³/mol. The molecule has 7 heteroatoms. The fourth-order valence-corrected chi connectivity index (χ4v) is 4.74. The van der Waals surface area contributed by atoms with Crippen LogP contribution in [0.25, 0.3) is 5.69 Å². The first kappa shape index (κ1) is 22.3. The maximum Gasteiger partial charge on any atom is 0.242 e. The molecule has 0 saturated heterocycles. The molecular weight excluding hydrogens is 446 g/mol. The molecule has 1 atom stereocenters. The number of anilines is 2. The highest BCUT2D eigenvalue weighted by atomic mass is 35.5. The van der Waals surface area contributed by atoms with Gasteiger partial charge in [-0.2, -0.15) is 0 Å². The average molecular weight is 472 g/mol. The highest BCUT2D eigenvalue weighted by Gasteiger charge is 2.37. The summed E-state index contributed by atoms with van der Waals surface area (Å²) in [7, 11) is 2.08. The van der Waals surface area contributed by atoms with Crippen LogP contribution in [0.4, 0.5) is 11.4 Å². The highest BCUT2D eigenvalue weighted by molar-refractivity contribution is 6.31. The van der Waals surface area contributed by atoms with Crippen LogP contribution < -0.4 is 4.90 Å². The van der Waals surface area contributed by atoms with Crippen LogP contribution in [0.2, 0.25) is 5.02 Å². The standard InChI is InChI=1S/C27H26ClN5O/c1-19-29-30-26-23(15-16-31(2)18-20-9-5-3-6-10-20)27(34)33(22-11-7-4-8-12-22)25-17-21(28)13-14-24(25)32(19)26/h3-14,17,23H,15-16,18H2,1-2H3. The molecule has 1 unspecified atom stereocenters. The van der Waals surface area contributed by atoms with E-state index in [4.69, 9.17) is 11.6 Å². The van der Waals surface area contributed by atoms with Gasteiger partial charge < -0.3 is 4.90 Å². The zero-order valence-electron chi connectivity index (χ0n) is 19.2. The number of fused-ring (bicyclic) bond motifs is 3. The van der Waals surface area contributed by atoms with Crippen molar-refractivity contribution in [2.45, 2.75) is 25.8 Å². The molecule has 0 radical (unpaired) electrons. The van der Waals surface area contributed by atoms with Gasteiger partial charge in [0.25, 0.3) is 0 Å². The first-order chi connectivity index (χ1) is 16.5. The van der Waals surface area contributed by atoms with Crippen molar-refractivity contribution in [3.63, 3.8) is 0 Å². The zero-order valence-corrected chi connectivity index (χ0v) is 20.0. The summed E-state index contributed by atoms with van der Waals surface area (Å²) in [6.07, 6.45) is 0.616. The maximum absolute atomic E-state index is 14.1. The minimum absolute atomic E-state index is 0.0334. The second kappa shape index (κ2) is 9.41. The Kier molecular flexibility index (Phi) is 6.18. The molecule has 0 aliphatic carbocycles. The van der Waals surface area contributed by atoms with Crippen LogP contribution in [0, 0.1) is 6.92 Å². The Bertz CT molecular complexity index is 1310. The summed E-state index contributed by atoms with van der Waals surface area (Å²) in [5.74, 6) is 0.918. The maximum atomic E-state index is 14.1. The highest BCUT2D eigenvalue weighted by Crippen LogP contribution is 2.41. The first-order valence-electron chi connectivity index (χ1n) is 11.4. The van der Waals surface area contributed by atoms with Crippen molar-refractivity contribution in [1.29, 1.82) is 0 Å².